The molecule has 1 N–H and O–H groups in total. The number of hydrogen-bond acceptors (Lipinski definition) is 4. The van der Waals surface area contributed by atoms with E-state index in [1.54, 1.807) is 12.4 Å². The Hall–Kier alpha value is -3.21. The molecule has 1 heterocycles. The van der Waals surface area contributed by atoms with E-state index in [2.05, 4.69) is 27.4 Å². The molecule has 1 unspecified atom stereocenters. The van der Waals surface area contributed by atoms with Gasteiger partial charge in [0.25, 0.3) is 5.91 Å². The zero-order chi connectivity index (χ0) is 19.1. The molecule has 5 nitrogen and oxygen atoms in total. The fourth-order valence-electron chi connectivity index (χ4n) is 2.64. The van der Waals surface area contributed by atoms with Gasteiger partial charge >= 0.3 is 0 Å². The maximum atomic E-state index is 12.3. The minimum absolute atomic E-state index is 0.121. The third-order valence-corrected chi connectivity index (χ3v) is 4.38. The lowest BCUT2D eigenvalue weighted by atomic mass is 10.2. The summed E-state index contributed by atoms with van der Waals surface area (Å²) in [5, 5.41) is 2.93. The number of nitrogens with one attached hydrogen (secondary N) is 1. The molecule has 2 aromatic carbocycles. The molecule has 0 saturated heterocycles. The first kappa shape index (κ1) is 18.6. The van der Waals surface area contributed by atoms with E-state index in [1.165, 1.54) is 0 Å². The number of carbonyl (C=O) groups excluding carboxylic acids is 1. The van der Waals surface area contributed by atoms with E-state index < -0.39 is 0 Å². The second-order valence-electron chi connectivity index (χ2n) is 6.46. The van der Waals surface area contributed by atoms with E-state index in [1.807, 2.05) is 67.3 Å². The van der Waals surface area contributed by atoms with Crippen LogP contribution in [0.4, 0.5) is 11.6 Å². The van der Waals surface area contributed by atoms with Crippen molar-refractivity contribution in [1.29, 1.82) is 0 Å². The van der Waals surface area contributed by atoms with Gasteiger partial charge in [0.15, 0.2) is 0 Å². The van der Waals surface area contributed by atoms with Crippen molar-refractivity contribution in [1.82, 2.24) is 15.3 Å². The third kappa shape index (κ3) is 4.91. The molecule has 5 heteroatoms. The van der Waals surface area contributed by atoms with Crippen molar-refractivity contribution in [2.75, 3.05) is 4.90 Å². The molecule has 0 saturated carbocycles. The molecule has 3 rings (SSSR count). The Bertz CT molecular complexity index is 851. The van der Waals surface area contributed by atoms with E-state index in [4.69, 9.17) is 0 Å². The number of aromatic nitrogens is 2. The summed E-state index contributed by atoms with van der Waals surface area (Å²) in [6.45, 7) is 4.65. The second kappa shape index (κ2) is 8.94. The molecule has 3 aromatic rings. The second-order valence-corrected chi connectivity index (χ2v) is 6.46. The highest BCUT2D eigenvalue weighted by atomic mass is 16.1. The lowest BCUT2D eigenvalue weighted by Gasteiger charge is -2.23. The Balaban J connectivity index is 1.85. The highest BCUT2D eigenvalue weighted by Crippen LogP contribution is 2.24. The normalized spacial score (nSPS) is 11.6. The molecule has 1 atom stereocenters. The largest absolute Gasteiger partial charge is 0.350 e. The van der Waals surface area contributed by atoms with Gasteiger partial charge in [-0.15, -0.1) is 0 Å². The van der Waals surface area contributed by atoms with Crippen LogP contribution in [-0.2, 0) is 6.54 Å². The summed E-state index contributed by atoms with van der Waals surface area (Å²) in [6.07, 6.45) is 4.05. The molecular formula is C22H24N4O. The molecule has 0 aliphatic heterocycles. The minimum atomic E-state index is -0.148. The van der Waals surface area contributed by atoms with Crippen LogP contribution >= 0.6 is 0 Å². The van der Waals surface area contributed by atoms with E-state index in [-0.39, 0.29) is 11.9 Å². The van der Waals surface area contributed by atoms with Crippen molar-refractivity contribution >= 4 is 17.5 Å². The average Bonchev–Trinajstić information content (AvgIpc) is 2.73. The molecule has 0 aliphatic rings. The number of hydrogen-bond donors (Lipinski definition) is 1. The topological polar surface area (TPSA) is 58.1 Å². The summed E-state index contributed by atoms with van der Waals surface area (Å²) in [6, 6.07) is 20.3. The van der Waals surface area contributed by atoms with Crippen molar-refractivity contribution in [3.05, 3.63) is 84.2 Å². The first-order valence-corrected chi connectivity index (χ1v) is 9.16. The number of carbonyl (C=O) groups is 1. The zero-order valence-corrected chi connectivity index (χ0v) is 15.7. The maximum absolute atomic E-state index is 12.3. The number of amides is 1. The summed E-state index contributed by atoms with van der Waals surface area (Å²) >= 11 is 0. The van der Waals surface area contributed by atoms with E-state index in [0.29, 0.717) is 18.1 Å². The summed E-state index contributed by atoms with van der Waals surface area (Å²) in [5.74, 6) is 0.412. The predicted octanol–water partition coefficient (Wildman–Crippen LogP) is 4.34. The smallest absolute Gasteiger partial charge is 0.254 e. The number of anilines is 2. The molecule has 1 aromatic heterocycles. The van der Waals surface area contributed by atoms with Crippen LogP contribution in [0.2, 0.25) is 0 Å². The van der Waals surface area contributed by atoms with Gasteiger partial charge in [-0.05, 0) is 31.0 Å². The van der Waals surface area contributed by atoms with Crippen LogP contribution in [0.15, 0.2) is 73.1 Å². The monoisotopic (exact) mass is 360 g/mol. The van der Waals surface area contributed by atoms with Gasteiger partial charge in [-0.1, -0.05) is 55.5 Å². The van der Waals surface area contributed by atoms with Gasteiger partial charge in [-0.2, -0.15) is 0 Å². The molecule has 1 amide bonds. The van der Waals surface area contributed by atoms with Crippen LogP contribution in [-0.4, -0.2) is 21.9 Å². The molecule has 138 valence electrons. The van der Waals surface area contributed by atoms with E-state index in [9.17, 15) is 4.79 Å². The van der Waals surface area contributed by atoms with Gasteiger partial charge < -0.3 is 10.2 Å². The molecule has 0 radical (unpaired) electrons. The highest BCUT2D eigenvalue weighted by molar-refractivity contribution is 5.93. The van der Waals surface area contributed by atoms with Gasteiger partial charge in [0.1, 0.15) is 0 Å². The van der Waals surface area contributed by atoms with Crippen molar-refractivity contribution in [2.45, 2.75) is 32.9 Å². The van der Waals surface area contributed by atoms with Gasteiger partial charge in [0, 0.05) is 24.1 Å². The molecule has 0 aliphatic carbocycles. The average molecular weight is 360 g/mol. The van der Waals surface area contributed by atoms with Crippen molar-refractivity contribution in [3.8, 4) is 0 Å². The van der Waals surface area contributed by atoms with E-state index >= 15 is 0 Å². The number of para-hydroxylation sites is 1. The first-order valence-electron chi connectivity index (χ1n) is 9.16. The summed E-state index contributed by atoms with van der Waals surface area (Å²) in [7, 11) is 0. The fourth-order valence-corrected chi connectivity index (χ4v) is 2.64. The Labute approximate surface area is 160 Å². The van der Waals surface area contributed by atoms with Gasteiger partial charge in [-0.3, -0.25) is 4.79 Å². The molecule has 0 fully saturated rings. The Morgan fingerprint density at radius 3 is 2.19 bits per heavy atom. The quantitative estimate of drug-likeness (QED) is 0.681. The van der Waals surface area contributed by atoms with Crippen LogP contribution in [0.25, 0.3) is 0 Å². The van der Waals surface area contributed by atoms with Crippen LogP contribution in [0.5, 0.6) is 0 Å². The van der Waals surface area contributed by atoms with Crippen molar-refractivity contribution < 1.29 is 4.79 Å². The Morgan fingerprint density at radius 2 is 1.59 bits per heavy atom. The lowest BCUT2D eigenvalue weighted by molar-refractivity contribution is 0.0938. The third-order valence-electron chi connectivity index (χ3n) is 4.38. The molecule has 0 bridgehead atoms. The highest BCUT2D eigenvalue weighted by Gasteiger charge is 2.15. The van der Waals surface area contributed by atoms with Crippen molar-refractivity contribution in [2.24, 2.45) is 0 Å². The Morgan fingerprint density at radius 1 is 1.00 bits per heavy atom. The number of nitrogens with zero attached hydrogens (tertiary/aromatic N) is 3. The molecule has 0 spiro atoms. The number of rotatable bonds is 7. The van der Waals surface area contributed by atoms with Crippen molar-refractivity contribution in [3.63, 3.8) is 0 Å². The SMILES string of the molecule is CCC(C)NC(=O)c1cnc(N(Cc2ccccc2)c2ccccc2)nc1. The fraction of sp³-hybridized carbons (Fsp3) is 0.227. The van der Waals surface area contributed by atoms with E-state index in [0.717, 1.165) is 17.7 Å². The number of benzene rings is 2. The molecule has 27 heavy (non-hydrogen) atoms. The molecular weight excluding hydrogens is 336 g/mol. The van der Waals surface area contributed by atoms with Gasteiger partial charge in [0.05, 0.1) is 12.1 Å². The summed E-state index contributed by atoms with van der Waals surface area (Å²) in [5.41, 5.74) is 2.62. The summed E-state index contributed by atoms with van der Waals surface area (Å²) < 4.78 is 0. The minimum Gasteiger partial charge on any atom is -0.350 e. The standard InChI is InChI=1S/C22H24N4O/c1-3-17(2)25-21(27)19-14-23-22(24-15-19)26(20-12-8-5-9-13-20)16-18-10-6-4-7-11-18/h4-15,17H,3,16H2,1-2H3,(H,25,27). The Kier molecular flexibility index (Phi) is 6.15. The van der Waals surface area contributed by atoms with Gasteiger partial charge in [-0.25, -0.2) is 9.97 Å². The lowest BCUT2D eigenvalue weighted by Crippen LogP contribution is -2.32. The maximum Gasteiger partial charge on any atom is 0.254 e. The van der Waals surface area contributed by atoms with Crippen LogP contribution in [0, 0.1) is 0 Å². The predicted molar refractivity (Wildman–Crippen MR) is 108 cm³/mol. The van der Waals surface area contributed by atoms with Crippen LogP contribution in [0.3, 0.4) is 0 Å². The first-order chi connectivity index (χ1) is 13.2. The zero-order valence-electron chi connectivity index (χ0n) is 15.7. The van der Waals surface area contributed by atoms with Gasteiger partial charge in [0.2, 0.25) is 5.95 Å². The van der Waals surface area contributed by atoms with Crippen LogP contribution < -0.4 is 10.2 Å². The van der Waals surface area contributed by atoms with Crippen LogP contribution in [0.1, 0.15) is 36.2 Å². The summed E-state index contributed by atoms with van der Waals surface area (Å²) in [4.78, 5) is 23.2.